The molecule has 0 aliphatic heterocycles. The quantitative estimate of drug-likeness (QED) is 0.851. The lowest BCUT2D eigenvalue weighted by Crippen LogP contribution is -2.36. The Morgan fingerprint density at radius 3 is 2.39 bits per heavy atom. The van der Waals surface area contributed by atoms with Gasteiger partial charge >= 0.3 is 0 Å². The van der Waals surface area contributed by atoms with Crippen molar-refractivity contribution >= 4 is 10.8 Å². The van der Waals surface area contributed by atoms with Crippen LogP contribution in [-0.4, -0.2) is 22.1 Å². The van der Waals surface area contributed by atoms with Crippen molar-refractivity contribution in [3.8, 4) is 0 Å². The predicted molar refractivity (Wildman–Crippen MR) is 86.4 cm³/mol. The summed E-state index contributed by atoms with van der Waals surface area (Å²) in [6.45, 7) is 2.05. The molecule has 0 amide bonds. The van der Waals surface area contributed by atoms with Crippen LogP contribution in [0.4, 0.5) is 8.78 Å². The van der Waals surface area contributed by atoms with E-state index in [2.05, 4.69) is 5.32 Å². The first-order valence-electron chi connectivity index (χ1n) is 7.10. The smallest absolute Gasteiger partial charge is 0.132 e. The Morgan fingerprint density at radius 2 is 1.83 bits per heavy atom. The summed E-state index contributed by atoms with van der Waals surface area (Å²) < 4.78 is 38.0. The molecule has 2 aromatic rings. The van der Waals surface area contributed by atoms with E-state index in [0.29, 0.717) is 6.54 Å². The largest absolute Gasteiger partial charge is 0.384 e. The second-order valence-electron chi connectivity index (χ2n) is 5.60. The van der Waals surface area contributed by atoms with Gasteiger partial charge in [-0.25, -0.2) is 8.78 Å². The number of halogens is 2. The Bertz CT molecular complexity index is 702. The Morgan fingerprint density at radius 1 is 1.17 bits per heavy atom. The highest BCUT2D eigenvalue weighted by atomic mass is 32.2. The molecule has 0 bridgehead atoms. The van der Waals surface area contributed by atoms with Crippen molar-refractivity contribution in [3.05, 3.63) is 65.2 Å². The van der Waals surface area contributed by atoms with Gasteiger partial charge in [-0.1, -0.05) is 18.2 Å². The molecule has 2 N–H and O–H groups in total. The fourth-order valence-electron chi connectivity index (χ4n) is 2.27. The van der Waals surface area contributed by atoms with Gasteiger partial charge in [0.25, 0.3) is 0 Å². The number of hydrogen-bond acceptors (Lipinski definition) is 3. The molecule has 0 aromatic heterocycles. The Balaban J connectivity index is 1.97. The summed E-state index contributed by atoms with van der Waals surface area (Å²) in [5.41, 5.74) is -0.458. The molecular formula is C17H19F2NO2S. The molecule has 2 aromatic carbocycles. The van der Waals surface area contributed by atoms with Gasteiger partial charge in [0.05, 0.1) is 0 Å². The first kappa shape index (κ1) is 17.7. The summed E-state index contributed by atoms with van der Waals surface area (Å²) >= 11 is 0. The lowest BCUT2D eigenvalue weighted by molar-refractivity contribution is 0.0528. The normalized spacial score (nSPS) is 15.2. The number of hydrogen-bond donors (Lipinski definition) is 2. The maximum Gasteiger partial charge on any atom is 0.132 e. The molecule has 0 radical (unpaired) electrons. The van der Waals surface area contributed by atoms with Crippen LogP contribution in [0.25, 0.3) is 0 Å². The average Bonchev–Trinajstić information content (AvgIpc) is 2.47. The van der Waals surface area contributed by atoms with Crippen LogP contribution >= 0.6 is 0 Å². The van der Waals surface area contributed by atoms with Gasteiger partial charge in [-0.15, -0.1) is 0 Å². The van der Waals surface area contributed by atoms with Crippen molar-refractivity contribution in [3.63, 3.8) is 0 Å². The molecule has 2 unspecified atom stereocenters. The Hall–Kier alpha value is -1.63. The monoisotopic (exact) mass is 339 g/mol. The Labute approximate surface area is 136 Å². The lowest BCUT2D eigenvalue weighted by atomic mass is 9.95. The number of rotatable bonds is 6. The minimum atomic E-state index is -1.46. The highest BCUT2D eigenvalue weighted by Crippen LogP contribution is 2.23. The zero-order chi connectivity index (χ0) is 17.0. The summed E-state index contributed by atoms with van der Waals surface area (Å²) in [4.78, 5) is 0.745. The molecule has 0 saturated heterocycles. The molecule has 0 aliphatic carbocycles. The average molecular weight is 339 g/mol. The van der Waals surface area contributed by atoms with E-state index in [0.717, 1.165) is 22.6 Å². The second-order valence-corrected chi connectivity index (χ2v) is 6.98. The minimum absolute atomic E-state index is 0.0446. The summed E-state index contributed by atoms with van der Waals surface area (Å²) in [6, 6.07) is 10.4. The van der Waals surface area contributed by atoms with Gasteiger partial charge in [0, 0.05) is 46.7 Å². The highest BCUT2D eigenvalue weighted by molar-refractivity contribution is 7.84. The Kier molecular flexibility index (Phi) is 5.62. The van der Waals surface area contributed by atoms with Gasteiger partial charge in [-0.2, -0.15) is 0 Å². The van der Waals surface area contributed by atoms with E-state index >= 15 is 0 Å². The summed E-state index contributed by atoms with van der Waals surface area (Å²) in [6.07, 6.45) is 1.61. The fraction of sp³-hybridized carbons (Fsp3) is 0.294. The van der Waals surface area contributed by atoms with Gasteiger partial charge < -0.3 is 10.4 Å². The van der Waals surface area contributed by atoms with Crippen LogP contribution in [0.15, 0.2) is 47.4 Å². The third-order valence-electron chi connectivity index (χ3n) is 3.56. The van der Waals surface area contributed by atoms with Gasteiger partial charge in [0.1, 0.15) is 17.2 Å². The first-order valence-corrected chi connectivity index (χ1v) is 8.66. The van der Waals surface area contributed by atoms with Crippen LogP contribution < -0.4 is 5.32 Å². The number of nitrogens with one attached hydrogen (secondary N) is 1. The minimum Gasteiger partial charge on any atom is -0.384 e. The first-order chi connectivity index (χ1) is 10.8. The molecule has 0 aliphatic rings. The van der Waals surface area contributed by atoms with E-state index in [1.807, 2.05) is 12.1 Å². The molecule has 2 atom stereocenters. The van der Waals surface area contributed by atoms with Crippen molar-refractivity contribution in [2.45, 2.75) is 24.0 Å². The second kappa shape index (κ2) is 7.29. The summed E-state index contributed by atoms with van der Waals surface area (Å²) in [7, 11) is -1.02. The SMILES string of the molecule is CS(=O)c1ccc(CNCC(C)(O)c2ccc(F)cc2F)cc1. The van der Waals surface area contributed by atoms with Crippen LogP contribution in [-0.2, 0) is 22.9 Å². The molecule has 2 rings (SSSR count). The van der Waals surface area contributed by atoms with Crippen LogP contribution in [0.2, 0.25) is 0 Å². The summed E-state index contributed by atoms with van der Waals surface area (Å²) in [5, 5.41) is 13.4. The zero-order valence-corrected chi connectivity index (χ0v) is 13.8. The number of benzene rings is 2. The molecular weight excluding hydrogens is 320 g/mol. The molecule has 0 heterocycles. The summed E-state index contributed by atoms with van der Waals surface area (Å²) in [5.74, 6) is -1.45. The molecule has 23 heavy (non-hydrogen) atoms. The fourth-order valence-corrected chi connectivity index (χ4v) is 2.79. The van der Waals surface area contributed by atoms with Crippen molar-refractivity contribution in [1.82, 2.24) is 5.32 Å². The third kappa shape index (κ3) is 4.67. The molecule has 3 nitrogen and oxygen atoms in total. The maximum atomic E-state index is 13.8. The molecule has 0 spiro atoms. The van der Waals surface area contributed by atoms with Crippen LogP contribution in [0, 0.1) is 11.6 Å². The van der Waals surface area contributed by atoms with Crippen molar-refractivity contribution in [2.75, 3.05) is 12.8 Å². The lowest BCUT2D eigenvalue weighted by Gasteiger charge is -2.25. The molecule has 0 fully saturated rings. The van der Waals surface area contributed by atoms with Crippen LogP contribution in [0.1, 0.15) is 18.1 Å². The van der Waals surface area contributed by atoms with Crippen molar-refractivity contribution in [1.29, 1.82) is 0 Å². The number of aliphatic hydroxyl groups is 1. The zero-order valence-electron chi connectivity index (χ0n) is 13.0. The van der Waals surface area contributed by atoms with E-state index < -0.39 is 28.0 Å². The van der Waals surface area contributed by atoms with E-state index in [4.69, 9.17) is 0 Å². The highest BCUT2D eigenvalue weighted by Gasteiger charge is 2.26. The molecule has 124 valence electrons. The van der Waals surface area contributed by atoms with E-state index in [1.54, 1.807) is 18.4 Å². The van der Waals surface area contributed by atoms with E-state index in [-0.39, 0.29) is 12.1 Å². The predicted octanol–water partition coefficient (Wildman–Crippen LogP) is 2.70. The van der Waals surface area contributed by atoms with Crippen LogP contribution in [0.5, 0.6) is 0 Å². The van der Waals surface area contributed by atoms with Gasteiger partial charge in [-0.3, -0.25) is 4.21 Å². The van der Waals surface area contributed by atoms with Crippen LogP contribution in [0.3, 0.4) is 0 Å². The van der Waals surface area contributed by atoms with Gasteiger partial charge in [0.2, 0.25) is 0 Å². The van der Waals surface area contributed by atoms with Gasteiger partial charge in [0.15, 0.2) is 0 Å². The topological polar surface area (TPSA) is 49.3 Å². The molecule has 6 heteroatoms. The van der Waals surface area contributed by atoms with Crippen molar-refractivity contribution < 1.29 is 18.1 Å². The van der Waals surface area contributed by atoms with E-state index in [9.17, 15) is 18.1 Å². The maximum absolute atomic E-state index is 13.8. The molecule has 0 saturated carbocycles. The van der Waals surface area contributed by atoms with Crippen molar-refractivity contribution in [2.24, 2.45) is 0 Å². The standard InChI is InChI=1S/C17H19F2NO2S/c1-17(21,15-8-5-13(18)9-16(15)19)11-20-10-12-3-6-14(7-4-12)23(2)22/h3-9,20-21H,10-11H2,1-2H3. The van der Waals surface area contributed by atoms with E-state index in [1.165, 1.54) is 13.0 Å². The van der Waals surface area contributed by atoms with Gasteiger partial charge in [-0.05, 0) is 30.7 Å². The third-order valence-corrected chi connectivity index (χ3v) is 4.50.